The van der Waals surface area contributed by atoms with Crippen LogP contribution in [-0.2, 0) is 0 Å². The zero-order valence-corrected chi connectivity index (χ0v) is 7.88. The highest BCUT2D eigenvalue weighted by atomic mass is 15.2. The Bertz CT molecular complexity index is 121. The maximum atomic E-state index is 5.62. The average Bonchev–Trinajstić information content (AvgIpc) is 2.28. The summed E-state index contributed by atoms with van der Waals surface area (Å²) < 4.78 is 0. The SMILES string of the molecule is CC1CC(C)N(C(C)CN)C1. The van der Waals surface area contributed by atoms with E-state index < -0.39 is 0 Å². The highest BCUT2D eigenvalue weighted by Crippen LogP contribution is 2.23. The summed E-state index contributed by atoms with van der Waals surface area (Å²) in [5, 5.41) is 0. The maximum Gasteiger partial charge on any atom is 0.0193 e. The van der Waals surface area contributed by atoms with Crippen LogP contribution in [-0.4, -0.2) is 30.1 Å². The van der Waals surface area contributed by atoms with Gasteiger partial charge in [-0.2, -0.15) is 0 Å². The molecule has 3 atom stereocenters. The molecule has 1 aliphatic heterocycles. The summed E-state index contributed by atoms with van der Waals surface area (Å²) >= 11 is 0. The smallest absolute Gasteiger partial charge is 0.0193 e. The maximum absolute atomic E-state index is 5.62. The van der Waals surface area contributed by atoms with E-state index >= 15 is 0 Å². The van der Waals surface area contributed by atoms with Gasteiger partial charge in [-0.3, -0.25) is 4.90 Å². The molecule has 1 aliphatic rings. The van der Waals surface area contributed by atoms with Gasteiger partial charge in [-0.05, 0) is 26.2 Å². The first-order chi connectivity index (χ1) is 5.15. The van der Waals surface area contributed by atoms with Crippen LogP contribution in [0, 0.1) is 5.92 Å². The molecule has 66 valence electrons. The first-order valence-electron chi connectivity index (χ1n) is 4.61. The van der Waals surface area contributed by atoms with Crippen molar-refractivity contribution in [3.05, 3.63) is 0 Å². The first-order valence-corrected chi connectivity index (χ1v) is 4.61. The minimum Gasteiger partial charge on any atom is -0.329 e. The molecule has 1 saturated heterocycles. The van der Waals surface area contributed by atoms with Crippen molar-refractivity contribution in [3.8, 4) is 0 Å². The molecular weight excluding hydrogens is 136 g/mol. The van der Waals surface area contributed by atoms with Crippen LogP contribution in [0.5, 0.6) is 0 Å². The third-order valence-electron chi connectivity index (χ3n) is 2.74. The second kappa shape index (κ2) is 3.55. The normalized spacial score (nSPS) is 36.0. The summed E-state index contributed by atoms with van der Waals surface area (Å²) in [7, 11) is 0. The van der Waals surface area contributed by atoms with Crippen molar-refractivity contribution in [1.29, 1.82) is 0 Å². The molecule has 0 amide bonds. The van der Waals surface area contributed by atoms with E-state index in [1.807, 2.05) is 0 Å². The van der Waals surface area contributed by atoms with Crippen LogP contribution in [0.2, 0.25) is 0 Å². The van der Waals surface area contributed by atoms with Crippen LogP contribution in [0.1, 0.15) is 27.2 Å². The Hall–Kier alpha value is -0.0800. The topological polar surface area (TPSA) is 29.3 Å². The largest absolute Gasteiger partial charge is 0.329 e. The van der Waals surface area contributed by atoms with Gasteiger partial charge in [-0.25, -0.2) is 0 Å². The van der Waals surface area contributed by atoms with Crippen LogP contribution < -0.4 is 5.73 Å². The summed E-state index contributed by atoms with van der Waals surface area (Å²) in [5.41, 5.74) is 5.62. The quantitative estimate of drug-likeness (QED) is 0.648. The first kappa shape index (κ1) is 9.01. The molecule has 1 rings (SSSR count). The summed E-state index contributed by atoms with van der Waals surface area (Å²) in [6.45, 7) is 8.86. The Morgan fingerprint density at radius 2 is 2.18 bits per heavy atom. The van der Waals surface area contributed by atoms with Gasteiger partial charge in [-0.1, -0.05) is 6.92 Å². The fourth-order valence-corrected chi connectivity index (χ4v) is 2.08. The van der Waals surface area contributed by atoms with Crippen LogP contribution in [0.3, 0.4) is 0 Å². The van der Waals surface area contributed by atoms with Gasteiger partial charge in [0, 0.05) is 25.2 Å². The standard InChI is InChI=1S/C9H20N2/c1-7-4-8(2)11(6-7)9(3)5-10/h7-9H,4-6,10H2,1-3H3. The molecule has 2 N–H and O–H groups in total. The van der Waals surface area contributed by atoms with Gasteiger partial charge >= 0.3 is 0 Å². The van der Waals surface area contributed by atoms with Crippen molar-refractivity contribution in [2.45, 2.75) is 39.3 Å². The molecule has 0 saturated carbocycles. The molecule has 0 aromatic rings. The number of rotatable bonds is 2. The minimum atomic E-state index is 0.565. The van der Waals surface area contributed by atoms with E-state index in [0.29, 0.717) is 6.04 Å². The molecule has 0 radical (unpaired) electrons. The number of hydrogen-bond acceptors (Lipinski definition) is 2. The fraction of sp³-hybridized carbons (Fsp3) is 1.00. The highest BCUT2D eigenvalue weighted by Gasteiger charge is 2.28. The molecule has 2 heteroatoms. The molecule has 2 nitrogen and oxygen atoms in total. The Labute approximate surface area is 69.8 Å². The second-order valence-electron chi connectivity index (χ2n) is 3.97. The van der Waals surface area contributed by atoms with Crippen LogP contribution in [0.25, 0.3) is 0 Å². The van der Waals surface area contributed by atoms with E-state index in [1.54, 1.807) is 0 Å². The van der Waals surface area contributed by atoms with E-state index in [0.717, 1.165) is 18.5 Å². The lowest BCUT2D eigenvalue weighted by Crippen LogP contribution is -2.40. The summed E-state index contributed by atoms with van der Waals surface area (Å²) in [4.78, 5) is 2.52. The Morgan fingerprint density at radius 3 is 2.55 bits per heavy atom. The van der Waals surface area contributed by atoms with E-state index in [-0.39, 0.29) is 0 Å². The lowest BCUT2D eigenvalue weighted by atomic mass is 10.1. The highest BCUT2D eigenvalue weighted by molar-refractivity contribution is 4.83. The van der Waals surface area contributed by atoms with E-state index in [4.69, 9.17) is 5.73 Å². The molecule has 3 unspecified atom stereocenters. The van der Waals surface area contributed by atoms with Crippen molar-refractivity contribution < 1.29 is 0 Å². The predicted molar refractivity (Wildman–Crippen MR) is 48.5 cm³/mol. The Morgan fingerprint density at radius 1 is 1.55 bits per heavy atom. The van der Waals surface area contributed by atoms with Gasteiger partial charge in [0.05, 0.1) is 0 Å². The summed E-state index contributed by atoms with van der Waals surface area (Å²) in [6, 6.07) is 1.30. The average molecular weight is 156 g/mol. The lowest BCUT2D eigenvalue weighted by molar-refractivity contribution is 0.204. The Kier molecular flexibility index (Phi) is 2.90. The Balaban J connectivity index is 2.45. The third kappa shape index (κ3) is 1.94. The van der Waals surface area contributed by atoms with Crippen molar-refractivity contribution >= 4 is 0 Å². The van der Waals surface area contributed by atoms with Gasteiger partial charge in [0.1, 0.15) is 0 Å². The monoisotopic (exact) mass is 156 g/mol. The van der Waals surface area contributed by atoms with E-state index in [9.17, 15) is 0 Å². The molecule has 0 aliphatic carbocycles. The van der Waals surface area contributed by atoms with Gasteiger partial charge in [0.25, 0.3) is 0 Å². The second-order valence-corrected chi connectivity index (χ2v) is 3.97. The van der Waals surface area contributed by atoms with Crippen LogP contribution in [0.4, 0.5) is 0 Å². The number of hydrogen-bond donors (Lipinski definition) is 1. The fourth-order valence-electron chi connectivity index (χ4n) is 2.08. The molecule has 0 aromatic carbocycles. The van der Waals surface area contributed by atoms with E-state index in [1.165, 1.54) is 13.0 Å². The van der Waals surface area contributed by atoms with Crippen LogP contribution in [0.15, 0.2) is 0 Å². The zero-order valence-electron chi connectivity index (χ0n) is 7.88. The lowest BCUT2D eigenvalue weighted by Gasteiger charge is -2.27. The zero-order chi connectivity index (χ0) is 8.43. The predicted octanol–water partition coefficient (Wildman–Crippen LogP) is 1.06. The van der Waals surface area contributed by atoms with Crippen molar-refractivity contribution in [2.24, 2.45) is 11.7 Å². The molecule has 0 bridgehead atoms. The van der Waals surface area contributed by atoms with Gasteiger partial charge in [0.15, 0.2) is 0 Å². The summed E-state index contributed by atoms with van der Waals surface area (Å²) in [5.74, 6) is 0.860. The number of likely N-dealkylation sites (tertiary alicyclic amines) is 1. The third-order valence-corrected chi connectivity index (χ3v) is 2.74. The molecule has 0 aromatic heterocycles. The van der Waals surface area contributed by atoms with Gasteiger partial charge in [-0.15, -0.1) is 0 Å². The molecule has 1 fully saturated rings. The molecular formula is C9H20N2. The van der Waals surface area contributed by atoms with E-state index in [2.05, 4.69) is 25.7 Å². The summed E-state index contributed by atoms with van der Waals surface area (Å²) in [6.07, 6.45) is 1.34. The minimum absolute atomic E-state index is 0.565. The molecule has 1 heterocycles. The number of nitrogens with two attached hydrogens (primary N) is 1. The van der Waals surface area contributed by atoms with Gasteiger partial charge in [0.2, 0.25) is 0 Å². The van der Waals surface area contributed by atoms with Crippen molar-refractivity contribution in [2.75, 3.05) is 13.1 Å². The van der Waals surface area contributed by atoms with Gasteiger partial charge < -0.3 is 5.73 Å². The number of nitrogens with zero attached hydrogens (tertiary/aromatic N) is 1. The van der Waals surface area contributed by atoms with Crippen molar-refractivity contribution in [3.63, 3.8) is 0 Å². The van der Waals surface area contributed by atoms with Crippen molar-refractivity contribution in [1.82, 2.24) is 4.90 Å². The molecule has 11 heavy (non-hydrogen) atoms. The molecule has 0 spiro atoms. The van der Waals surface area contributed by atoms with Crippen LogP contribution >= 0.6 is 0 Å².